The number of nitrogens with zero attached hydrogens (tertiary/aromatic N) is 2. The lowest BCUT2D eigenvalue weighted by molar-refractivity contribution is -0.116. The van der Waals surface area contributed by atoms with Crippen LogP contribution in [0.15, 0.2) is 27.4 Å². The van der Waals surface area contributed by atoms with Crippen LogP contribution in [0.5, 0.6) is 0 Å². The van der Waals surface area contributed by atoms with E-state index in [-0.39, 0.29) is 12.3 Å². The summed E-state index contributed by atoms with van der Waals surface area (Å²) in [6.45, 7) is 1.55. The first-order valence-corrected chi connectivity index (χ1v) is 6.79. The summed E-state index contributed by atoms with van der Waals surface area (Å²) < 4.78 is 6.76. The number of carbonyl (C=O) groups is 1. The Hall–Kier alpha value is -2.12. The van der Waals surface area contributed by atoms with E-state index in [1.165, 1.54) is 0 Å². The topological polar surface area (TPSA) is 93.5 Å². The Labute approximate surface area is 122 Å². The number of fused-ring (bicyclic) bond motifs is 1. The molecule has 0 bridgehead atoms. The Morgan fingerprint density at radius 3 is 2.86 bits per heavy atom. The molecule has 7 nitrogen and oxygen atoms in total. The summed E-state index contributed by atoms with van der Waals surface area (Å²) in [5.41, 5.74) is 7.15. The van der Waals surface area contributed by atoms with Crippen molar-refractivity contribution in [2.24, 2.45) is 5.73 Å². The lowest BCUT2D eigenvalue weighted by atomic mass is 10.2. The van der Waals surface area contributed by atoms with Gasteiger partial charge in [-0.25, -0.2) is 4.79 Å². The van der Waals surface area contributed by atoms with Gasteiger partial charge in [-0.1, -0.05) is 0 Å². The third kappa shape index (κ3) is 3.71. The van der Waals surface area contributed by atoms with Crippen molar-refractivity contribution in [3.8, 4) is 0 Å². The number of carbonyl (C=O) groups excluding carboxylic acids is 1. The van der Waals surface area contributed by atoms with Gasteiger partial charge in [-0.2, -0.15) is 0 Å². The number of amides is 1. The molecule has 1 aromatic carbocycles. The summed E-state index contributed by atoms with van der Waals surface area (Å²) in [6.07, 6.45) is 0.261. The maximum Gasteiger partial charge on any atom is 0.419 e. The highest BCUT2D eigenvalue weighted by Gasteiger charge is 2.11. The summed E-state index contributed by atoms with van der Waals surface area (Å²) in [6, 6.07) is 5.13. The monoisotopic (exact) mass is 292 g/mol. The number of rotatable bonds is 6. The zero-order chi connectivity index (χ0) is 15.4. The number of nitrogens with one attached hydrogen (secondary N) is 1. The predicted octanol–water partition coefficient (Wildman–Crippen LogP) is 0.443. The van der Waals surface area contributed by atoms with Crippen LogP contribution < -0.4 is 16.8 Å². The lowest BCUT2D eigenvalue weighted by Gasteiger charge is -2.09. The summed E-state index contributed by atoms with van der Waals surface area (Å²) >= 11 is 0. The van der Waals surface area contributed by atoms with Crippen LogP contribution in [0.3, 0.4) is 0 Å². The van der Waals surface area contributed by atoms with Crippen LogP contribution in [0.4, 0.5) is 5.69 Å². The summed E-state index contributed by atoms with van der Waals surface area (Å²) in [5, 5.41) is 2.75. The minimum absolute atomic E-state index is 0.150. The van der Waals surface area contributed by atoms with Crippen LogP contribution in [0.2, 0.25) is 0 Å². The molecule has 21 heavy (non-hydrogen) atoms. The lowest BCUT2D eigenvalue weighted by Crippen LogP contribution is -2.23. The summed E-state index contributed by atoms with van der Waals surface area (Å²) in [5.74, 6) is -0.542. The smallest absolute Gasteiger partial charge is 0.408 e. The van der Waals surface area contributed by atoms with E-state index >= 15 is 0 Å². The molecule has 0 saturated heterocycles. The standard InChI is InChI=1S/C14H20N4O3/c1-17(2)7-8-18-11-9-10(16-13(19)5-6-15)3-4-12(11)21-14(18)20/h3-4,9H,5-8,15H2,1-2H3,(H,16,19). The normalized spacial score (nSPS) is 11.2. The summed E-state index contributed by atoms with van der Waals surface area (Å²) in [7, 11) is 3.87. The van der Waals surface area contributed by atoms with E-state index in [2.05, 4.69) is 5.32 Å². The second kappa shape index (κ2) is 6.55. The summed E-state index contributed by atoms with van der Waals surface area (Å²) in [4.78, 5) is 25.4. The van der Waals surface area contributed by atoms with E-state index in [0.29, 0.717) is 29.9 Å². The second-order valence-corrected chi connectivity index (χ2v) is 5.09. The maximum absolute atomic E-state index is 11.9. The first-order valence-electron chi connectivity index (χ1n) is 6.79. The largest absolute Gasteiger partial charge is 0.419 e. The van der Waals surface area contributed by atoms with Gasteiger partial charge in [0.15, 0.2) is 5.58 Å². The quantitative estimate of drug-likeness (QED) is 0.806. The van der Waals surface area contributed by atoms with E-state index in [1.807, 2.05) is 19.0 Å². The molecule has 1 amide bonds. The van der Waals surface area contributed by atoms with Crippen molar-refractivity contribution >= 4 is 22.7 Å². The highest BCUT2D eigenvalue weighted by molar-refractivity contribution is 5.92. The Balaban J connectivity index is 2.29. The van der Waals surface area contributed by atoms with Gasteiger partial charge < -0.3 is 20.4 Å². The van der Waals surface area contributed by atoms with Gasteiger partial charge in [0.05, 0.1) is 5.52 Å². The van der Waals surface area contributed by atoms with Gasteiger partial charge in [0.1, 0.15) is 0 Å². The van der Waals surface area contributed by atoms with E-state index in [1.54, 1.807) is 22.8 Å². The van der Waals surface area contributed by atoms with Crippen LogP contribution in [0.25, 0.3) is 11.1 Å². The molecule has 0 saturated carbocycles. The SMILES string of the molecule is CN(C)CCn1c(=O)oc2ccc(NC(=O)CCN)cc21. The zero-order valence-electron chi connectivity index (χ0n) is 12.3. The van der Waals surface area contributed by atoms with E-state index < -0.39 is 5.76 Å². The van der Waals surface area contributed by atoms with Crippen LogP contribution in [-0.4, -0.2) is 42.6 Å². The molecule has 0 aliphatic carbocycles. The van der Waals surface area contributed by atoms with Crippen LogP contribution in [0, 0.1) is 0 Å². The minimum atomic E-state index is -0.391. The third-order valence-electron chi connectivity index (χ3n) is 3.09. The average Bonchev–Trinajstić information content (AvgIpc) is 2.71. The van der Waals surface area contributed by atoms with Crippen molar-refractivity contribution in [2.45, 2.75) is 13.0 Å². The highest BCUT2D eigenvalue weighted by atomic mass is 16.4. The number of hydrogen-bond acceptors (Lipinski definition) is 5. The molecule has 0 unspecified atom stereocenters. The van der Waals surface area contributed by atoms with E-state index in [4.69, 9.17) is 10.2 Å². The Kier molecular flexibility index (Phi) is 4.77. The molecule has 2 aromatic rings. The van der Waals surface area contributed by atoms with Gasteiger partial charge in [-0.15, -0.1) is 0 Å². The molecule has 7 heteroatoms. The minimum Gasteiger partial charge on any atom is -0.408 e. The van der Waals surface area contributed by atoms with Gasteiger partial charge in [0.25, 0.3) is 0 Å². The number of likely N-dealkylation sites (N-methyl/N-ethyl adjacent to an activating group) is 1. The Bertz CT molecular complexity index is 687. The Morgan fingerprint density at radius 2 is 2.19 bits per heavy atom. The molecule has 0 spiro atoms. The number of benzene rings is 1. The number of aromatic nitrogens is 1. The first kappa shape index (κ1) is 15.3. The molecule has 3 N–H and O–H groups in total. The van der Waals surface area contributed by atoms with Crippen LogP contribution in [0.1, 0.15) is 6.42 Å². The van der Waals surface area contributed by atoms with Crippen molar-refractivity contribution in [2.75, 3.05) is 32.5 Å². The molecule has 0 atom stereocenters. The van der Waals surface area contributed by atoms with Crippen molar-refractivity contribution in [1.29, 1.82) is 0 Å². The van der Waals surface area contributed by atoms with Crippen molar-refractivity contribution < 1.29 is 9.21 Å². The zero-order valence-corrected chi connectivity index (χ0v) is 12.3. The molecular weight excluding hydrogens is 272 g/mol. The number of nitrogens with two attached hydrogens (primary N) is 1. The second-order valence-electron chi connectivity index (χ2n) is 5.09. The van der Waals surface area contributed by atoms with Gasteiger partial charge >= 0.3 is 5.76 Å². The predicted molar refractivity (Wildman–Crippen MR) is 81.3 cm³/mol. The van der Waals surface area contributed by atoms with Crippen molar-refractivity contribution in [3.05, 3.63) is 28.7 Å². The van der Waals surface area contributed by atoms with Crippen molar-refractivity contribution in [1.82, 2.24) is 9.47 Å². The van der Waals surface area contributed by atoms with Crippen LogP contribution in [-0.2, 0) is 11.3 Å². The van der Waals surface area contributed by atoms with Gasteiger partial charge in [-0.05, 0) is 32.3 Å². The number of oxazole rings is 1. The van der Waals surface area contributed by atoms with Gasteiger partial charge in [0, 0.05) is 31.7 Å². The van der Waals surface area contributed by atoms with Gasteiger partial charge in [-0.3, -0.25) is 9.36 Å². The molecule has 1 heterocycles. The maximum atomic E-state index is 11.9. The molecule has 0 radical (unpaired) electrons. The molecule has 2 rings (SSSR count). The highest BCUT2D eigenvalue weighted by Crippen LogP contribution is 2.18. The molecule has 1 aromatic heterocycles. The molecule has 114 valence electrons. The molecule has 0 fully saturated rings. The molecular formula is C14H20N4O3. The Morgan fingerprint density at radius 1 is 1.43 bits per heavy atom. The average molecular weight is 292 g/mol. The van der Waals surface area contributed by atoms with Crippen molar-refractivity contribution in [3.63, 3.8) is 0 Å². The fraction of sp³-hybridized carbons (Fsp3) is 0.429. The fourth-order valence-corrected chi connectivity index (χ4v) is 2.01. The number of hydrogen-bond donors (Lipinski definition) is 2. The third-order valence-corrected chi connectivity index (χ3v) is 3.09. The van der Waals surface area contributed by atoms with Crippen LogP contribution >= 0.6 is 0 Å². The fourth-order valence-electron chi connectivity index (χ4n) is 2.01. The van der Waals surface area contributed by atoms with E-state index in [9.17, 15) is 9.59 Å². The molecule has 0 aliphatic rings. The van der Waals surface area contributed by atoms with Gasteiger partial charge in [0.2, 0.25) is 5.91 Å². The molecule has 0 aliphatic heterocycles. The van der Waals surface area contributed by atoms with E-state index in [0.717, 1.165) is 6.54 Å². The first-order chi connectivity index (χ1) is 10.0. The number of anilines is 1.